The predicted octanol–water partition coefficient (Wildman–Crippen LogP) is 2.72. The molecule has 0 saturated heterocycles. The Labute approximate surface area is 111 Å². The SMILES string of the molecule is CC(=O)Nc1ccccc1Oc1cc(C)c(N)cn1. The highest BCUT2D eigenvalue weighted by Gasteiger charge is 2.07. The van der Waals surface area contributed by atoms with Crippen LogP contribution in [0.25, 0.3) is 0 Å². The summed E-state index contributed by atoms with van der Waals surface area (Å²) in [5, 5.41) is 2.70. The first-order valence-corrected chi connectivity index (χ1v) is 5.83. The Balaban J connectivity index is 2.27. The molecule has 0 aliphatic heterocycles. The largest absolute Gasteiger partial charge is 0.437 e. The van der Waals surface area contributed by atoms with Crippen molar-refractivity contribution in [1.29, 1.82) is 0 Å². The van der Waals surface area contributed by atoms with Crippen LogP contribution in [-0.4, -0.2) is 10.9 Å². The van der Waals surface area contributed by atoms with Gasteiger partial charge in [0.15, 0.2) is 5.75 Å². The van der Waals surface area contributed by atoms with Crippen LogP contribution in [0.1, 0.15) is 12.5 Å². The van der Waals surface area contributed by atoms with Gasteiger partial charge < -0.3 is 15.8 Å². The average Bonchev–Trinajstić information content (AvgIpc) is 2.36. The maximum Gasteiger partial charge on any atom is 0.221 e. The number of ether oxygens (including phenoxy) is 1. The molecule has 0 unspecified atom stereocenters. The number of carbonyl (C=O) groups is 1. The smallest absolute Gasteiger partial charge is 0.221 e. The van der Waals surface area contributed by atoms with Gasteiger partial charge in [-0.25, -0.2) is 4.98 Å². The maximum absolute atomic E-state index is 11.1. The molecule has 3 N–H and O–H groups in total. The van der Waals surface area contributed by atoms with Gasteiger partial charge in [-0.15, -0.1) is 0 Å². The van der Waals surface area contributed by atoms with Crippen LogP contribution < -0.4 is 15.8 Å². The summed E-state index contributed by atoms with van der Waals surface area (Å²) in [6.07, 6.45) is 1.55. The van der Waals surface area contributed by atoms with E-state index in [2.05, 4.69) is 10.3 Å². The Morgan fingerprint density at radius 2 is 2.11 bits per heavy atom. The van der Waals surface area contributed by atoms with E-state index in [4.69, 9.17) is 10.5 Å². The van der Waals surface area contributed by atoms with E-state index < -0.39 is 0 Å². The second-order valence-corrected chi connectivity index (χ2v) is 4.16. The molecule has 0 fully saturated rings. The second-order valence-electron chi connectivity index (χ2n) is 4.16. The number of anilines is 2. The van der Waals surface area contributed by atoms with Crippen LogP contribution in [0, 0.1) is 6.92 Å². The number of pyridine rings is 1. The number of aromatic nitrogens is 1. The van der Waals surface area contributed by atoms with Gasteiger partial charge in [-0.3, -0.25) is 4.79 Å². The van der Waals surface area contributed by atoms with Crippen molar-refractivity contribution in [2.45, 2.75) is 13.8 Å². The summed E-state index contributed by atoms with van der Waals surface area (Å²) < 4.78 is 5.66. The standard InChI is InChI=1S/C14H15N3O2/c1-9-7-14(16-8-11(9)15)19-13-6-4-3-5-12(13)17-10(2)18/h3-8H,15H2,1-2H3,(H,17,18). The van der Waals surface area contributed by atoms with Crippen molar-refractivity contribution in [2.24, 2.45) is 0 Å². The summed E-state index contributed by atoms with van der Waals surface area (Å²) in [6.45, 7) is 3.33. The third kappa shape index (κ3) is 3.22. The molecule has 1 heterocycles. The molecule has 5 nitrogen and oxygen atoms in total. The summed E-state index contributed by atoms with van der Waals surface area (Å²) in [4.78, 5) is 15.2. The van der Waals surface area contributed by atoms with Crippen LogP contribution in [0.15, 0.2) is 36.5 Å². The quantitative estimate of drug-likeness (QED) is 0.886. The lowest BCUT2D eigenvalue weighted by molar-refractivity contribution is -0.114. The zero-order chi connectivity index (χ0) is 13.8. The molecule has 1 aromatic carbocycles. The molecule has 0 radical (unpaired) electrons. The van der Waals surface area contributed by atoms with Gasteiger partial charge in [0.05, 0.1) is 17.6 Å². The summed E-state index contributed by atoms with van der Waals surface area (Å²) in [5.41, 5.74) is 7.81. The molecule has 2 rings (SSSR count). The molecule has 5 heteroatoms. The van der Waals surface area contributed by atoms with Gasteiger partial charge in [-0.2, -0.15) is 0 Å². The highest BCUT2D eigenvalue weighted by molar-refractivity contribution is 5.90. The van der Waals surface area contributed by atoms with E-state index in [1.165, 1.54) is 6.92 Å². The number of hydrogen-bond donors (Lipinski definition) is 2. The number of aryl methyl sites for hydroxylation is 1. The molecular weight excluding hydrogens is 242 g/mol. The number of nitrogens with two attached hydrogens (primary N) is 1. The summed E-state index contributed by atoms with van der Waals surface area (Å²) in [7, 11) is 0. The number of rotatable bonds is 3. The summed E-state index contributed by atoms with van der Waals surface area (Å²) in [5.74, 6) is 0.816. The number of nitrogens with one attached hydrogen (secondary N) is 1. The molecule has 2 aromatic rings. The van der Waals surface area contributed by atoms with Crippen LogP contribution in [0.4, 0.5) is 11.4 Å². The minimum Gasteiger partial charge on any atom is -0.437 e. The van der Waals surface area contributed by atoms with Crippen molar-refractivity contribution in [3.63, 3.8) is 0 Å². The van der Waals surface area contributed by atoms with Crippen molar-refractivity contribution >= 4 is 17.3 Å². The van der Waals surface area contributed by atoms with E-state index >= 15 is 0 Å². The van der Waals surface area contributed by atoms with E-state index in [0.717, 1.165) is 5.56 Å². The van der Waals surface area contributed by atoms with Gasteiger partial charge in [0, 0.05) is 13.0 Å². The van der Waals surface area contributed by atoms with Crippen molar-refractivity contribution in [1.82, 2.24) is 4.98 Å². The van der Waals surface area contributed by atoms with Gasteiger partial charge in [0.25, 0.3) is 0 Å². The number of amides is 1. The van der Waals surface area contributed by atoms with Crippen molar-refractivity contribution in [3.05, 3.63) is 42.1 Å². The minimum absolute atomic E-state index is 0.155. The second kappa shape index (κ2) is 5.39. The van der Waals surface area contributed by atoms with E-state index in [-0.39, 0.29) is 5.91 Å². The Morgan fingerprint density at radius 1 is 1.37 bits per heavy atom. The molecule has 1 amide bonds. The number of nitrogens with zero attached hydrogens (tertiary/aromatic N) is 1. The normalized spacial score (nSPS) is 10.0. The van der Waals surface area contributed by atoms with Crippen molar-refractivity contribution < 1.29 is 9.53 Å². The third-order valence-corrected chi connectivity index (χ3v) is 2.54. The Hall–Kier alpha value is -2.56. The Kier molecular flexibility index (Phi) is 3.66. The van der Waals surface area contributed by atoms with Gasteiger partial charge >= 0.3 is 0 Å². The lowest BCUT2D eigenvalue weighted by Crippen LogP contribution is -2.07. The van der Waals surface area contributed by atoms with Crippen molar-refractivity contribution in [2.75, 3.05) is 11.1 Å². The van der Waals surface area contributed by atoms with Crippen LogP contribution in [0.3, 0.4) is 0 Å². The molecule has 19 heavy (non-hydrogen) atoms. The monoisotopic (exact) mass is 257 g/mol. The van der Waals surface area contributed by atoms with Gasteiger partial charge in [-0.05, 0) is 24.6 Å². The molecule has 0 atom stereocenters. The number of hydrogen-bond acceptors (Lipinski definition) is 4. The van der Waals surface area contributed by atoms with Gasteiger partial charge in [-0.1, -0.05) is 12.1 Å². The van der Waals surface area contributed by atoms with Gasteiger partial charge in [0.2, 0.25) is 11.8 Å². The fraction of sp³-hybridized carbons (Fsp3) is 0.143. The summed E-state index contributed by atoms with van der Waals surface area (Å²) >= 11 is 0. The molecule has 0 bridgehead atoms. The molecule has 1 aromatic heterocycles. The first-order chi connectivity index (χ1) is 9.06. The number of carbonyl (C=O) groups excluding carboxylic acids is 1. The lowest BCUT2D eigenvalue weighted by Gasteiger charge is -2.11. The molecule has 0 saturated carbocycles. The maximum atomic E-state index is 11.1. The zero-order valence-corrected chi connectivity index (χ0v) is 10.8. The van der Waals surface area contributed by atoms with E-state index in [9.17, 15) is 4.79 Å². The van der Waals surface area contributed by atoms with Crippen molar-refractivity contribution in [3.8, 4) is 11.6 Å². The molecule has 0 aliphatic carbocycles. The number of benzene rings is 1. The van der Waals surface area contributed by atoms with Crippen LogP contribution in [0.5, 0.6) is 11.6 Å². The molecule has 0 aliphatic rings. The van der Waals surface area contributed by atoms with E-state index in [0.29, 0.717) is 23.0 Å². The van der Waals surface area contributed by atoms with Crippen LogP contribution in [0.2, 0.25) is 0 Å². The molecule has 0 spiro atoms. The van der Waals surface area contributed by atoms with Gasteiger partial charge in [0.1, 0.15) is 0 Å². The first-order valence-electron chi connectivity index (χ1n) is 5.83. The van der Waals surface area contributed by atoms with Crippen LogP contribution in [-0.2, 0) is 4.79 Å². The average molecular weight is 257 g/mol. The number of nitrogen functional groups attached to an aromatic ring is 1. The molecule has 98 valence electrons. The topological polar surface area (TPSA) is 77.2 Å². The third-order valence-electron chi connectivity index (χ3n) is 2.54. The fourth-order valence-electron chi connectivity index (χ4n) is 1.56. The first kappa shape index (κ1) is 12.9. The number of para-hydroxylation sites is 2. The van der Waals surface area contributed by atoms with E-state index in [1.807, 2.05) is 19.1 Å². The summed E-state index contributed by atoms with van der Waals surface area (Å²) in [6, 6.07) is 8.92. The highest BCUT2D eigenvalue weighted by atomic mass is 16.5. The molecular formula is C14H15N3O2. The highest BCUT2D eigenvalue weighted by Crippen LogP contribution is 2.29. The Bertz CT molecular complexity index is 611. The Morgan fingerprint density at radius 3 is 2.79 bits per heavy atom. The lowest BCUT2D eigenvalue weighted by atomic mass is 10.2. The van der Waals surface area contributed by atoms with E-state index in [1.54, 1.807) is 24.4 Å². The predicted molar refractivity (Wildman–Crippen MR) is 74.2 cm³/mol. The zero-order valence-electron chi connectivity index (χ0n) is 10.8. The minimum atomic E-state index is -0.155. The van der Waals surface area contributed by atoms with Crippen LogP contribution >= 0.6 is 0 Å². The fourth-order valence-corrected chi connectivity index (χ4v) is 1.56.